The second-order valence-corrected chi connectivity index (χ2v) is 5.17. The first kappa shape index (κ1) is 15.6. The first-order valence-electron chi connectivity index (χ1n) is 6.33. The van der Waals surface area contributed by atoms with Crippen LogP contribution in [0, 0.1) is 0 Å². The molecule has 1 amide bonds. The fourth-order valence-corrected chi connectivity index (χ4v) is 2.57. The number of amides is 1. The minimum absolute atomic E-state index is 0.0839. The lowest BCUT2D eigenvalue weighted by molar-refractivity contribution is -0.138. The van der Waals surface area contributed by atoms with E-state index in [-0.39, 0.29) is 12.3 Å². The van der Waals surface area contributed by atoms with Crippen LogP contribution >= 0.6 is 11.5 Å². The molecule has 0 saturated carbocycles. The Hall–Kier alpha value is -1.50. The van der Waals surface area contributed by atoms with E-state index in [1.807, 2.05) is 20.8 Å². The zero-order valence-electron chi connectivity index (χ0n) is 11.4. The summed E-state index contributed by atoms with van der Waals surface area (Å²) in [6.45, 7) is 5.65. The molecule has 0 aliphatic rings. The molecule has 2 N–H and O–H groups in total. The minimum Gasteiger partial charge on any atom is -0.481 e. The normalized spacial score (nSPS) is 11.3. The van der Waals surface area contributed by atoms with Gasteiger partial charge in [-0.1, -0.05) is 25.3 Å². The maximum Gasteiger partial charge on any atom is 0.305 e. The number of aliphatic carboxylic acids is 1. The molecule has 6 nitrogen and oxygen atoms in total. The summed E-state index contributed by atoms with van der Waals surface area (Å²) in [7, 11) is 0. The number of carboxylic acid groups (broad SMARTS) is 1. The van der Waals surface area contributed by atoms with Gasteiger partial charge in [-0.2, -0.15) is 0 Å². The Labute approximate surface area is 116 Å². The summed E-state index contributed by atoms with van der Waals surface area (Å²) in [6.07, 6.45) is 1.67. The third-order valence-electron chi connectivity index (χ3n) is 3.32. The number of rotatable bonds is 7. The van der Waals surface area contributed by atoms with E-state index in [0.29, 0.717) is 29.8 Å². The predicted octanol–water partition coefficient (Wildman–Crippen LogP) is 1.86. The van der Waals surface area contributed by atoms with Crippen molar-refractivity contribution in [2.45, 2.75) is 52.0 Å². The number of nitrogens with one attached hydrogen (secondary N) is 1. The highest BCUT2D eigenvalue weighted by Gasteiger charge is 2.32. The van der Waals surface area contributed by atoms with Crippen molar-refractivity contribution >= 4 is 23.4 Å². The van der Waals surface area contributed by atoms with Crippen LogP contribution < -0.4 is 5.32 Å². The molecule has 0 bridgehead atoms. The van der Waals surface area contributed by atoms with E-state index >= 15 is 0 Å². The first-order valence-corrected chi connectivity index (χ1v) is 7.10. The molecule has 1 heterocycles. The molecule has 0 aromatic carbocycles. The van der Waals surface area contributed by atoms with Crippen molar-refractivity contribution in [3.8, 4) is 0 Å². The van der Waals surface area contributed by atoms with Crippen LogP contribution in [0.3, 0.4) is 0 Å². The molecular weight excluding hydrogens is 266 g/mol. The van der Waals surface area contributed by atoms with Crippen molar-refractivity contribution in [3.05, 3.63) is 10.6 Å². The molecule has 0 aliphatic carbocycles. The van der Waals surface area contributed by atoms with Crippen LogP contribution in [-0.4, -0.2) is 32.1 Å². The van der Waals surface area contributed by atoms with E-state index in [2.05, 4.69) is 14.9 Å². The van der Waals surface area contributed by atoms with Gasteiger partial charge in [-0.3, -0.25) is 9.59 Å². The van der Waals surface area contributed by atoms with Gasteiger partial charge in [0.15, 0.2) is 0 Å². The number of hydrogen-bond donors (Lipinski definition) is 2. The molecule has 0 saturated heterocycles. The predicted molar refractivity (Wildman–Crippen MR) is 72.3 cm³/mol. The smallest absolute Gasteiger partial charge is 0.305 e. The lowest BCUT2D eigenvalue weighted by Crippen LogP contribution is -2.49. The Balaban J connectivity index is 2.91. The topological polar surface area (TPSA) is 92.2 Å². The second-order valence-electron chi connectivity index (χ2n) is 4.41. The van der Waals surface area contributed by atoms with Gasteiger partial charge >= 0.3 is 5.97 Å². The van der Waals surface area contributed by atoms with Gasteiger partial charge < -0.3 is 10.4 Å². The van der Waals surface area contributed by atoms with Gasteiger partial charge in [0.2, 0.25) is 0 Å². The van der Waals surface area contributed by atoms with E-state index in [9.17, 15) is 9.59 Å². The number of aryl methyl sites for hydroxylation is 1. The highest BCUT2D eigenvalue weighted by molar-refractivity contribution is 7.08. The van der Waals surface area contributed by atoms with Crippen LogP contribution in [0.4, 0.5) is 0 Å². The van der Waals surface area contributed by atoms with Crippen LogP contribution in [0.5, 0.6) is 0 Å². The number of aromatic nitrogens is 2. The van der Waals surface area contributed by atoms with Crippen LogP contribution in [-0.2, 0) is 11.2 Å². The summed E-state index contributed by atoms with van der Waals surface area (Å²) in [4.78, 5) is 23.6. The molecule has 1 aromatic heterocycles. The van der Waals surface area contributed by atoms with Gasteiger partial charge in [0, 0.05) is 0 Å². The van der Waals surface area contributed by atoms with Crippen molar-refractivity contribution in [1.82, 2.24) is 14.9 Å². The van der Waals surface area contributed by atoms with Crippen molar-refractivity contribution in [2.75, 3.05) is 0 Å². The van der Waals surface area contributed by atoms with E-state index in [4.69, 9.17) is 5.11 Å². The van der Waals surface area contributed by atoms with Crippen LogP contribution in [0.25, 0.3) is 0 Å². The van der Waals surface area contributed by atoms with E-state index in [1.54, 1.807) is 0 Å². The summed E-state index contributed by atoms with van der Waals surface area (Å²) < 4.78 is 3.77. The van der Waals surface area contributed by atoms with Crippen LogP contribution in [0.1, 0.15) is 55.4 Å². The number of carbonyl (C=O) groups is 2. The number of carbonyl (C=O) groups excluding carboxylic acids is 1. The molecule has 0 aliphatic heterocycles. The van der Waals surface area contributed by atoms with Gasteiger partial charge in [-0.15, -0.1) is 5.10 Å². The summed E-state index contributed by atoms with van der Waals surface area (Å²) in [6, 6.07) is 0. The largest absolute Gasteiger partial charge is 0.481 e. The molecule has 0 spiro atoms. The molecule has 1 aromatic rings. The standard InChI is InChI=1S/C12H19N3O3S/c1-4-8-10(19-15-14-8)11(18)13-12(5-2,6-3)7-9(16)17/h4-7H2,1-3H3,(H,13,18)(H,16,17). The maximum atomic E-state index is 12.2. The Morgan fingerprint density at radius 2 is 1.95 bits per heavy atom. The molecule has 0 atom stereocenters. The molecule has 0 unspecified atom stereocenters. The summed E-state index contributed by atoms with van der Waals surface area (Å²) in [5, 5.41) is 15.7. The van der Waals surface area contributed by atoms with E-state index in [0.717, 1.165) is 11.5 Å². The SMILES string of the molecule is CCc1nnsc1C(=O)NC(CC)(CC)CC(=O)O. The molecule has 1 rings (SSSR count). The Kier molecular flexibility index (Phi) is 5.41. The van der Waals surface area contributed by atoms with Gasteiger partial charge in [-0.05, 0) is 30.8 Å². The summed E-state index contributed by atoms with van der Waals surface area (Å²) >= 11 is 1.04. The van der Waals surface area contributed by atoms with Crippen LogP contribution in [0.2, 0.25) is 0 Å². The highest BCUT2D eigenvalue weighted by atomic mass is 32.1. The summed E-state index contributed by atoms with van der Waals surface area (Å²) in [5.74, 6) is -1.20. The minimum atomic E-state index is -0.915. The van der Waals surface area contributed by atoms with E-state index < -0.39 is 11.5 Å². The molecule has 19 heavy (non-hydrogen) atoms. The third kappa shape index (κ3) is 3.73. The zero-order valence-corrected chi connectivity index (χ0v) is 12.2. The highest BCUT2D eigenvalue weighted by Crippen LogP contribution is 2.22. The first-order chi connectivity index (χ1) is 8.98. The fourth-order valence-electron chi connectivity index (χ4n) is 1.92. The van der Waals surface area contributed by atoms with Crippen molar-refractivity contribution in [3.63, 3.8) is 0 Å². The van der Waals surface area contributed by atoms with Crippen molar-refractivity contribution in [1.29, 1.82) is 0 Å². The number of carboxylic acids is 1. The maximum absolute atomic E-state index is 12.2. The zero-order chi connectivity index (χ0) is 14.5. The molecule has 0 fully saturated rings. The average Bonchev–Trinajstić information content (AvgIpc) is 2.85. The van der Waals surface area contributed by atoms with Gasteiger partial charge in [-0.25, -0.2) is 0 Å². The molecular formula is C12H19N3O3S. The monoisotopic (exact) mass is 285 g/mol. The molecule has 0 radical (unpaired) electrons. The Morgan fingerprint density at radius 1 is 1.32 bits per heavy atom. The molecule has 106 valence electrons. The van der Waals surface area contributed by atoms with Crippen molar-refractivity contribution in [2.24, 2.45) is 0 Å². The fraction of sp³-hybridized carbons (Fsp3) is 0.667. The summed E-state index contributed by atoms with van der Waals surface area (Å²) in [5.41, 5.74) is -0.0586. The number of nitrogens with zero attached hydrogens (tertiary/aromatic N) is 2. The lowest BCUT2D eigenvalue weighted by atomic mass is 9.89. The lowest BCUT2D eigenvalue weighted by Gasteiger charge is -2.31. The van der Waals surface area contributed by atoms with E-state index in [1.165, 1.54) is 0 Å². The second kappa shape index (κ2) is 6.60. The number of hydrogen-bond acceptors (Lipinski definition) is 5. The van der Waals surface area contributed by atoms with Gasteiger partial charge in [0.1, 0.15) is 4.88 Å². The Morgan fingerprint density at radius 3 is 2.42 bits per heavy atom. The molecule has 7 heteroatoms. The van der Waals surface area contributed by atoms with Crippen LogP contribution in [0.15, 0.2) is 0 Å². The quantitative estimate of drug-likeness (QED) is 0.797. The van der Waals surface area contributed by atoms with Gasteiger partial charge in [0.25, 0.3) is 5.91 Å². The van der Waals surface area contributed by atoms with Crippen molar-refractivity contribution < 1.29 is 14.7 Å². The third-order valence-corrected chi connectivity index (χ3v) is 4.09. The van der Waals surface area contributed by atoms with Gasteiger partial charge in [0.05, 0.1) is 17.7 Å². The average molecular weight is 285 g/mol. The Bertz CT molecular complexity index is 455.